The van der Waals surface area contributed by atoms with Crippen molar-refractivity contribution in [3.05, 3.63) is 70.8 Å². The van der Waals surface area contributed by atoms with Gasteiger partial charge in [-0.3, -0.25) is 0 Å². The zero-order valence-corrected chi connectivity index (χ0v) is 11.8. The van der Waals surface area contributed by atoms with Crippen LogP contribution in [0, 0.1) is 19.8 Å². The van der Waals surface area contributed by atoms with Crippen LogP contribution in [0.15, 0.2) is 48.5 Å². The molecule has 100 valence electrons. The van der Waals surface area contributed by atoms with E-state index in [1.54, 1.807) is 0 Å². The number of rotatable bonds is 5. The molecular formula is C18H22O. The van der Waals surface area contributed by atoms with Crippen molar-refractivity contribution in [2.24, 2.45) is 5.92 Å². The zero-order valence-electron chi connectivity index (χ0n) is 11.8. The minimum Gasteiger partial charge on any atom is -0.396 e. The van der Waals surface area contributed by atoms with Crippen molar-refractivity contribution >= 4 is 0 Å². The number of aliphatic hydroxyl groups is 1. The summed E-state index contributed by atoms with van der Waals surface area (Å²) in [7, 11) is 0. The van der Waals surface area contributed by atoms with Gasteiger partial charge in [-0.15, -0.1) is 0 Å². The number of benzene rings is 2. The van der Waals surface area contributed by atoms with E-state index in [0.29, 0.717) is 5.92 Å². The minimum atomic E-state index is 0.238. The molecule has 0 spiro atoms. The predicted molar refractivity (Wildman–Crippen MR) is 80.3 cm³/mol. The van der Waals surface area contributed by atoms with Crippen LogP contribution >= 0.6 is 0 Å². The van der Waals surface area contributed by atoms with Gasteiger partial charge >= 0.3 is 0 Å². The van der Waals surface area contributed by atoms with Gasteiger partial charge in [-0.05, 0) is 43.7 Å². The van der Waals surface area contributed by atoms with Crippen LogP contribution < -0.4 is 0 Å². The molecule has 2 aromatic carbocycles. The number of aliphatic hydroxyl groups excluding tert-OH is 1. The summed E-state index contributed by atoms with van der Waals surface area (Å²) in [6, 6.07) is 17.0. The first-order chi connectivity index (χ1) is 9.17. The van der Waals surface area contributed by atoms with Gasteiger partial charge in [0.15, 0.2) is 0 Å². The summed E-state index contributed by atoms with van der Waals surface area (Å²) in [6.45, 7) is 4.49. The summed E-state index contributed by atoms with van der Waals surface area (Å²) in [6.07, 6.45) is 1.87. The second-order valence-corrected chi connectivity index (χ2v) is 5.44. The van der Waals surface area contributed by atoms with Crippen molar-refractivity contribution in [2.45, 2.75) is 26.7 Å². The van der Waals surface area contributed by atoms with E-state index >= 15 is 0 Å². The van der Waals surface area contributed by atoms with Gasteiger partial charge in [0.2, 0.25) is 0 Å². The van der Waals surface area contributed by atoms with E-state index in [0.717, 1.165) is 12.8 Å². The van der Waals surface area contributed by atoms with Crippen LogP contribution in [-0.4, -0.2) is 11.7 Å². The fourth-order valence-electron chi connectivity index (χ4n) is 2.67. The maximum Gasteiger partial charge on any atom is 0.0465 e. The van der Waals surface area contributed by atoms with Crippen molar-refractivity contribution in [3.63, 3.8) is 0 Å². The summed E-state index contributed by atoms with van der Waals surface area (Å²) >= 11 is 0. The maximum absolute atomic E-state index is 9.59. The molecule has 0 amide bonds. The van der Waals surface area contributed by atoms with Gasteiger partial charge in [-0.2, -0.15) is 0 Å². The van der Waals surface area contributed by atoms with Crippen molar-refractivity contribution in [2.75, 3.05) is 6.61 Å². The maximum atomic E-state index is 9.59. The third kappa shape index (κ3) is 4.22. The van der Waals surface area contributed by atoms with E-state index in [2.05, 4.69) is 56.3 Å². The third-order valence-corrected chi connectivity index (χ3v) is 3.43. The van der Waals surface area contributed by atoms with E-state index in [-0.39, 0.29) is 6.61 Å². The van der Waals surface area contributed by atoms with Crippen LogP contribution in [0.1, 0.15) is 22.3 Å². The first kappa shape index (κ1) is 13.8. The van der Waals surface area contributed by atoms with Crippen molar-refractivity contribution in [3.8, 4) is 0 Å². The van der Waals surface area contributed by atoms with Crippen LogP contribution in [0.5, 0.6) is 0 Å². The Labute approximate surface area is 115 Å². The molecule has 0 aromatic heterocycles. The molecular weight excluding hydrogens is 232 g/mol. The van der Waals surface area contributed by atoms with Gasteiger partial charge in [-0.1, -0.05) is 59.7 Å². The van der Waals surface area contributed by atoms with Gasteiger partial charge in [0.05, 0.1) is 0 Å². The van der Waals surface area contributed by atoms with Crippen molar-refractivity contribution < 1.29 is 5.11 Å². The van der Waals surface area contributed by atoms with Crippen LogP contribution in [0.4, 0.5) is 0 Å². The second kappa shape index (κ2) is 6.53. The molecule has 2 aromatic rings. The molecule has 1 nitrogen and oxygen atoms in total. The molecule has 0 radical (unpaired) electrons. The Morgan fingerprint density at radius 2 is 1.42 bits per heavy atom. The Balaban J connectivity index is 2.06. The molecule has 0 heterocycles. The summed E-state index contributed by atoms with van der Waals surface area (Å²) < 4.78 is 0. The van der Waals surface area contributed by atoms with Gasteiger partial charge in [0.1, 0.15) is 0 Å². The van der Waals surface area contributed by atoms with Crippen LogP contribution in [-0.2, 0) is 12.8 Å². The highest BCUT2D eigenvalue weighted by atomic mass is 16.3. The molecule has 0 aliphatic heterocycles. The van der Waals surface area contributed by atoms with Gasteiger partial charge in [0, 0.05) is 6.61 Å². The summed E-state index contributed by atoms with van der Waals surface area (Å²) in [5.74, 6) is 0.295. The van der Waals surface area contributed by atoms with Crippen LogP contribution in [0.25, 0.3) is 0 Å². The number of aryl methyl sites for hydroxylation is 2. The average molecular weight is 254 g/mol. The van der Waals surface area contributed by atoms with Crippen molar-refractivity contribution in [1.29, 1.82) is 0 Å². The smallest absolute Gasteiger partial charge is 0.0465 e. The lowest BCUT2D eigenvalue weighted by atomic mass is 9.92. The van der Waals surface area contributed by atoms with E-state index in [4.69, 9.17) is 0 Å². The van der Waals surface area contributed by atoms with Gasteiger partial charge in [-0.25, -0.2) is 0 Å². The molecule has 1 N–H and O–H groups in total. The fraction of sp³-hybridized carbons (Fsp3) is 0.333. The Morgan fingerprint density at radius 1 is 0.842 bits per heavy atom. The lowest BCUT2D eigenvalue weighted by Gasteiger charge is -2.15. The molecule has 1 unspecified atom stereocenters. The van der Waals surface area contributed by atoms with E-state index in [1.807, 2.05) is 6.07 Å². The Kier molecular flexibility index (Phi) is 4.75. The lowest BCUT2D eigenvalue weighted by molar-refractivity contribution is 0.225. The highest BCUT2D eigenvalue weighted by molar-refractivity contribution is 5.29. The normalized spacial score (nSPS) is 12.4. The quantitative estimate of drug-likeness (QED) is 0.862. The third-order valence-electron chi connectivity index (χ3n) is 3.43. The highest BCUT2D eigenvalue weighted by Crippen LogP contribution is 2.17. The van der Waals surface area contributed by atoms with Crippen LogP contribution in [0.2, 0.25) is 0 Å². The molecule has 0 aliphatic carbocycles. The van der Waals surface area contributed by atoms with Crippen LogP contribution in [0.3, 0.4) is 0 Å². The minimum absolute atomic E-state index is 0.238. The highest BCUT2D eigenvalue weighted by Gasteiger charge is 2.10. The average Bonchev–Trinajstić information content (AvgIpc) is 2.38. The largest absolute Gasteiger partial charge is 0.396 e. The van der Waals surface area contributed by atoms with E-state index in [1.165, 1.54) is 22.3 Å². The molecule has 1 heteroatoms. The van der Waals surface area contributed by atoms with E-state index < -0.39 is 0 Å². The summed E-state index contributed by atoms with van der Waals surface area (Å²) in [5.41, 5.74) is 5.22. The van der Waals surface area contributed by atoms with Crippen molar-refractivity contribution in [1.82, 2.24) is 0 Å². The Bertz CT molecular complexity index is 496. The topological polar surface area (TPSA) is 20.2 Å². The monoisotopic (exact) mass is 254 g/mol. The first-order valence-electron chi connectivity index (χ1n) is 6.89. The second-order valence-electron chi connectivity index (χ2n) is 5.44. The zero-order chi connectivity index (χ0) is 13.7. The van der Waals surface area contributed by atoms with E-state index in [9.17, 15) is 5.11 Å². The lowest BCUT2D eigenvalue weighted by Crippen LogP contribution is -2.13. The predicted octanol–water partition coefficient (Wildman–Crippen LogP) is 3.70. The molecule has 2 rings (SSSR count). The molecule has 1 atom stereocenters. The Morgan fingerprint density at radius 3 is 2.00 bits per heavy atom. The molecule has 0 bridgehead atoms. The Hall–Kier alpha value is -1.60. The SMILES string of the molecule is Cc1cc(C)cc(CC(CO)Cc2ccccc2)c1. The molecule has 0 saturated heterocycles. The standard InChI is InChI=1S/C18H22O/c1-14-8-15(2)10-17(9-14)12-18(13-19)11-16-6-4-3-5-7-16/h3-10,18-19H,11-13H2,1-2H3. The van der Waals surface area contributed by atoms with Gasteiger partial charge < -0.3 is 5.11 Å². The summed E-state index contributed by atoms with van der Waals surface area (Å²) in [4.78, 5) is 0. The fourth-order valence-corrected chi connectivity index (χ4v) is 2.67. The summed E-state index contributed by atoms with van der Waals surface area (Å²) in [5, 5.41) is 9.59. The number of hydrogen-bond donors (Lipinski definition) is 1. The molecule has 19 heavy (non-hydrogen) atoms. The molecule has 0 saturated carbocycles. The van der Waals surface area contributed by atoms with Gasteiger partial charge in [0.25, 0.3) is 0 Å². The first-order valence-corrected chi connectivity index (χ1v) is 6.89. The number of hydrogen-bond acceptors (Lipinski definition) is 1. The molecule has 0 aliphatic rings. The molecule has 0 fully saturated rings.